The summed E-state index contributed by atoms with van der Waals surface area (Å²) in [4.78, 5) is 12.8. The molecule has 0 saturated carbocycles. The third-order valence-corrected chi connectivity index (χ3v) is 7.72. The molecule has 0 fully saturated rings. The van der Waals surface area contributed by atoms with E-state index >= 15 is 0 Å². The molecule has 0 atom stereocenters. The van der Waals surface area contributed by atoms with E-state index in [0.717, 1.165) is 9.87 Å². The van der Waals surface area contributed by atoms with Gasteiger partial charge in [0.2, 0.25) is 15.9 Å². The van der Waals surface area contributed by atoms with Gasteiger partial charge in [0.15, 0.2) is 11.5 Å². The molecule has 7 nitrogen and oxygen atoms in total. The Hall–Kier alpha value is -2.49. The van der Waals surface area contributed by atoms with Crippen LogP contribution in [0.25, 0.3) is 0 Å². The minimum Gasteiger partial charge on any atom is -0.493 e. The van der Waals surface area contributed by atoms with Crippen molar-refractivity contribution in [3.8, 4) is 11.5 Å². The standard InChI is InChI=1S/C24H23Cl3N2O5S/c1-33-22-10-3-16(11-23(22)34-2)13-28-24(30)15-29(14-17-4-5-19(26)12-21(17)27)35(31,32)20-8-6-18(25)7-9-20/h3-12H,13-15H2,1-2H3,(H,28,30). The van der Waals surface area contributed by atoms with Crippen molar-refractivity contribution in [2.24, 2.45) is 0 Å². The summed E-state index contributed by atoms with van der Waals surface area (Å²) < 4.78 is 38.3. The van der Waals surface area contributed by atoms with Crippen molar-refractivity contribution in [2.45, 2.75) is 18.0 Å². The minimum atomic E-state index is -4.05. The summed E-state index contributed by atoms with van der Waals surface area (Å²) in [5, 5.41) is 3.84. The predicted octanol–water partition coefficient (Wildman–Crippen LogP) is 5.17. The Kier molecular flexibility index (Phi) is 9.27. The number of carbonyl (C=O) groups excluding carboxylic acids is 1. The quantitative estimate of drug-likeness (QED) is 0.372. The van der Waals surface area contributed by atoms with Gasteiger partial charge in [-0.1, -0.05) is 46.9 Å². The number of halogens is 3. The van der Waals surface area contributed by atoms with Crippen molar-refractivity contribution in [3.05, 3.63) is 86.9 Å². The maximum absolute atomic E-state index is 13.4. The van der Waals surface area contributed by atoms with E-state index in [-0.39, 0.29) is 18.0 Å². The molecule has 0 heterocycles. The lowest BCUT2D eigenvalue weighted by Gasteiger charge is -2.22. The molecule has 186 valence electrons. The lowest BCUT2D eigenvalue weighted by molar-refractivity contribution is -0.121. The lowest BCUT2D eigenvalue weighted by Crippen LogP contribution is -2.40. The number of benzene rings is 3. The highest BCUT2D eigenvalue weighted by Crippen LogP contribution is 2.28. The molecule has 0 aliphatic rings. The second kappa shape index (κ2) is 12.0. The molecular weight excluding hydrogens is 535 g/mol. The first-order valence-corrected chi connectivity index (χ1v) is 12.9. The van der Waals surface area contributed by atoms with Crippen LogP contribution in [0, 0.1) is 0 Å². The normalized spacial score (nSPS) is 11.4. The second-order valence-corrected chi connectivity index (χ2v) is 10.6. The van der Waals surface area contributed by atoms with E-state index in [1.54, 1.807) is 30.3 Å². The second-order valence-electron chi connectivity index (χ2n) is 7.43. The average molecular weight is 558 g/mol. The van der Waals surface area contributed by atoms with Gasteiger partial charge in [-0.05, 0) is 59.7 Å². The van der Waals surface area contributed by atoms with E-state index in [9.17, 15) is 13.2 Å². The molecular formula is C24H23Cl3N2O5S. The molecule has 0 bridgehead atoms. The number of hydrogen-bond donors (Lipinski definition) is 1. The van der Waals surface area contributed by atoms with E-state index in [1.165, 1.54) is 44.6 Å². The van der Waals surface area contributed by atoms with Gasteiger partial charge in [-0.2, -0.15) is 4.31 Å². The number of carbonyl (C=O) groups is 1. The Balaban J connectivity index is 1.82. The van der Waals surface area contributed by atoms with Crippen molar-refractivity contribution in [2.75, 3.05) is 20.8 Å². The molecule has 11 heteroatoms. The van der Waals surface area contributed by atoms with Crippen LogP contribution in [0.15, 0.2) is 65.6 Å². The molecule has 0 aliphatic heterocycles. The number of nitrogens with one attached hydrogen (secondary N) is 1. The maximum atomic E-state index is 13.4. The van der Waals surface area contributed by atoms with Crippen LogP contribution < -0.4 is 14.8 Å². The number of nitrogens with zero attached hydrogens (tertiary/aromatic N) is 1. The van der Waals surface area contributed by atoms with Gasteiger partial charge < -0.3 is 14.8 Å². The van der Waals surface area contributed by atoms with E-state index in [1.807, 2.05) is 0 Å². The van der Waals surface area contributed by atoms with Gasteiger partial charge in [-0.3, -0.25) is 4.79 Å². The van der Waals surface area contributed by atoms with Gasteiger partial charge in [0.05, 0.1) is 25.7 Å². The van der Waals surface area contributed by atoms with E-state index in [0.29, 0.717) is 32.1 Å². The Morgan fingerprint density at radius 3 is 2.17 bits per heavy atom. The minimum absolute atomic E-state index is 0.000299. The molecule has 35 heavy (non-hydrogen) atoms. The summed E-state index contributed by atoms with van der Waals surface area (Å²) in [6, 6.07) is 15.7. The first-order valence-electron chi connectivity index (χ1n) is 10.3. The summed E-state index contributed by atoms with van der Waals surface area (Å²) in [5.74, 6) is 0.577. The third kappa shape index (κ3) is 7.02. The van der Waals surface area contributed by atoms with Crippen LogP contribution in [-0.4, -0.2) is 39.4 Å². The van der Waals surface area contributed by atoms with E-state index in [4.69, 9.17) is 44.3 Å². The van der Waals surface area contributed by atoms with Crippen molar-refractivity contribution in [3.63, 3.8) is 0 Å². The third-order valence-electron chi connectivity index (χ3n) is 5.07. The van der Waals surface area contributed by atoms with Crippen molar-refractivity contribution >= 4 is 50.7 Å². The van der Waals surface area contributed by atoms with Crippen LogP contribution in [0.5, 0.6) is 11.5 Å². The van der Waals surface area contributed by atoms with E-state index in [2.05, 4.69) is 5.32 Å². The van der Waals surface area contributed by atoms with Crippen molar-refractivity contribution in [1.82, 2.24) is 9.62 Å². The van der Waals surface area contributed by atoms with Crippen LogP contribution in [0.4, 0.5) is 0 Å². The van der Waals surface area contributed by atoms with Crippen molar-refractivity contribution < 1.29 is 22.7 Å². The smallest absolute Gasteiger partial charge is 0.243 e. The van der Waals surface area contributed by atoms with Crippen LogP contribution in [0.2, 0.25) is 15.1 Å². The number of sulfonamides is 1. The number of amides is 1. The topological polar surface area (TPSA) is 84.9 Å². The number of rotatable bonds is 10. The molecule has 3 aromatic rings. The first-order chi connectivity index (χ1) is 16.6. The highest BCUT2D eigenvalue weighted by Gasteiger charge is 2.27. The van der Waals surface area contributed by atoms with Gasteiger partial charge in [-0.15, -0.1) is 0 Å². The van der Waals surface area contributed by atoms with Crippen LogP contribution in [0.3, 0.4) is 0 Å². The molecule has 3 rings (SSSR count). The SMILES string of the molecule is COc1ccc(CNC(=O)CN(Cc2ccc(Cl)cc2Cl)S(=O)(=O)c2ccc(Cl)cc2)cc1OC. The highest BCUT2D eigenvalue weighted by molar-refractivity contribution is 7.89. The summed E-state index contributed by atoms with van der Waals surface area (Å²) in [6.07, 6.45) is 0. The maximum Gasteiger partial charge on any atom is 0.243 e. The molecule has 3 aromatic carbocycles. The predicted molar refractivity (Wildman–Crippen MR) is 137 cm³/mol. The average Bonchev–Trinajstić information content (AvgIpc) is 2.83. The first kappa shape index (κ1) is 27.1. The molecule has 0 unspecified atom stereocenters. The van der Waals surface area contributed by atoms with Gasteiger partial charge in [-0.25, -0.2) is 8.42 Å². The Morgan fingerprint density at radius 2 is 1.54 bits per heavy atom. The molecule has 0 aromatic heterocycles. The molecule has 0 saturated heterocycles. The zero-order chi connectivity index (χ0) is 25.6. The zero-order valence-corrected chi connectivity index (χ0v) is 22.0. The monoisotopic (exact) mass is 556 g/mol. The Bertz CT molecular complexity index is 1300. The van der Waals surface area contributed by atoms with Crippen molar-refractivity contribution in [1.29, 1.82) is 0 Å². The van der Waals surface area contributed by atoms with Crippen LogP contribution in [-0.2, 0) is 27.9 Å². The number of ether oxygens (including phenoxy) is 2. The van der Waals surface area contributed by atoms with Gasteiger partial charge in [0, 0.05) is 28.2 Å². The van der Waals surface area contributed by atoms with E-state index < -0.39 is 22.5 Å². The number of hydrogen-bond acceptors (Lipinski definition) is 5. The van der Waals surface area contributed by atoms with Crippen LogP contribution in [0.1, 0.15) is 11.1 Å². The van der Waals surface area contributed by atoms with Crippen LogP contribution >= 0.6 is 34.8 Å². The zero-order valence-electron chi connectivity index (χ0n) is 18.9. The van der Waals surface area contributed by atoms with Gasteiger partial charge in [0.25, 0.3) is 0 Å². The fourth-order valence-corrected chi connectivity index (χ4v) is 5.20. The molecule has 0 aliphatic carbocycles. The van der Waals surface area contributed by atoms with Gasteiger partial charge >= 0.3 is 0 Å². The Labute approximate surface area is 219 Å². The Morgan fingerprint density at radius 1 is 0.886 bits per heavy atom. The summed E-state index contributed by atoms with van der Waals surface area (Å²) >= 11 is 18.2. The summed E-state index contributed by atoms with van der Waals surface area (Å²) in [6.45, 7) is -0.405. The largest absolute Gasteiger partial charge is 0.493 e. The number of methoxy groups -OCH3 is 2. The fourth-order valence-electron chi connectivity index (χ4n) is 3.23. The molecule has 1 N–H and O–H groups in total. The molecule has 0 spiro atoms. The molecule has 1 amide bonds. The fraction of sp³-hybridized carbons (Fsp3) is 0.208. The lowest BCUT2D eigenvalue weighted by atomic mass is 10.2. The summed E-state index contributed by atoms with van der Waals surface area (Å²) in [5.41, 5.74) is 1.25. The summed E-state index contributed by atoms with van der Waals surface area (Å²) in [7, 11) is -1.01. The van der Waals surface area contributed by atoms with Gasteiger partial charge in [0.1, 0.15) is 0 Å². The molecule has 0 radical (unpaired) electrons. The highest BCUT2D eigenvalue weighted by atomic mass is 35.5.